The van der Waals surface area contributed by atoms with Crippen LogP contribution in [0.15, 0.2) is 53.4 Å². The van der Waals surface area contributed by atoms with E-state index in [1.807, 2.05) is 22.4 Å². The Balaban J connectivity index is 1.37. The lowest BCUT2D eigenvalue weighted by molar-refractivity contribution is 0.0760. The first-order valence-electron chi connectivity index (χ1n) is 10.6. The molecule has 1 fully saturated rings. The van der Waals surface area contributed by atoms with Crippen LogP contribution in [-0.2, 0) is 13.2 Å². The third-order valence-corrected chi connectivity index (χ3v) is 6.10. The molecule has 8 heteroatoms. The lowest BCUT2D eigenvalue weighted by Crippen LogP contribution is -2.35. The quantitative estimate of drug-likeness (QED) is 0.534. The summed E-state index contributed by atoms with van der Waals surface area (Å²) in [6.07, 6.45) is 0.888. The van der Waals surface area contributed by atoms with Crippen LogP contribution in [0.4, 0.5) is 4.39 Å². The maximum absolute atomic E-state index is 13.1. The maximum Gasteiger partial charge on any atom is 0.254 e. The van der Waals surface area contributed by atoms with E-state index in [9.17, 15) is 9.18 Å². The van der Waals surface area contributed by atoms with E-state index in [0.29, 0.717) is 36.8 Å². The molecule has 0 radical (unpaired) electrons. The van der Waals surface area contributed by atoms with Crippen LogP contribution in [0, 0.1) is 5.82 Å². The van der Waals surface area contributed by atoms with Gasteiger partial charge in [-0.05, 0) is 42.3 Å². The van der Waals surface area contributed by atoms with Crippen molar-refractivity contribution in [3.63, 3.8) is 0 Å². The van der Waals surface area contributed by atoms with Gasteiger partial charge in [-0.25, -0.2) is 9.37 Å². The molecule has 4 rings (SSSR count). The summed E-state index contributed by atoms with van der Waals surface area (Å²) in [7, 11) is 1.57. The van der Waals surface area contributed by atoms with Gasteiger partial charge in [0.1, 0.15) is 12.4 Å². The molecule has 0 bridgehead atoms. The number of methoxy groups -OCH3 is 1. The SMILES string of the molecule is COc1cc(C(=O)N2CCCN(Cc3ccc(F)cc3)CC2)ccc1OCc1cscn1. The van der Waals surface area contributed by atoms with Crippen molar-refractivity contribution < 1.29 is 18.7 Å². The van der Waals surface area contributed by atoms with E-state index < -0.39 is 0 Å². The Kier molecular flexibility index (Phi) is 7.34. The van der Waals surface area contributed by atoms with Gasteiger partial charge in [-0.1, -0.05) is 12.1 Å². The lowest BCUT2D eigenvalue weighted by Gasteiger charge is -2.22. The molecule has 0 spiro atoms. The summed E-state index contributed by atoms with van der Waals surface area (Å²) in [6, 6.07) is 11.9. The number of carbonyl (C=O) groups is 1. The molecule has 1 saturated heterocycles. The molecule has 0 N–H and O–H groups in total. The number of rotatable bonds is 7. The topological polar surface area (TPSA) is 54.9 Å². The number of amides is 1. The molecule has 3 aromatic rings. The molecule has 168 valence electrons. The Morgan fingerprint density at radius 1 is 1.09 bits per heavy atom. The van der Waals surface area contributed by atoms with Gasteiger partial charge < -0.3 is 14.4 Å². The first-order chi connectivity index (χ1) is 15.6. The van der Waals surface area contributed by atoms with Crippen molar-refractivity contribution in [2.24, 2.45) is 0 Å². The van der Waals surface area contributed by atoms with Crippen molar-refractivity contribution in [3.05, 3.63) is 76.0 Å². The van der Waals surface area contributed by atoms with Gasteiger partial charge in [-0.2, -0.15) is 0 Å². The Hall–Kier alpha value is -2.97. The van der Waals surface area contributed by atoms with Crippen molar-refractivity contribution >= 4 is 17.2 Å². The summed E-state index contributed by atoms with van der Waals surface area (Å²) < 4.78 is 24.4. The number of benzene rings is 2. The van der Waals surface area contributed by atoms with Crippen LogP contribution in [0.5, 0.6) is 11.5 Å². The van der Waals surface area contributed by atoms with E-state index in [1.54, 1.807) is 30.8 Å². The van der Waals surface area contributed by atoms with E-state index >= 15 is 0 Å². The molecule has 1 aliphatic heterocycles. The highest BCUT2D eigenvalue weighted by Crippen LogP contribution is 2.29. The van der Waals surface area contributed by atoms with Crippen LogP contribution in [0.1, 0.15) is 28.0 Å². The van der Waals surface area contributed by atoms with Gasteiger partial charge in [0.2, 0.25) is 0 Å². The largest absolute Gasteiger partial charge is 0.493 e. The third kappa shape index (κ3) is 5.63. The molecule has 32 heavy (non-hydrogen) atoms. The standard InChI is InChI=1S/C24H26FN3O3S/c1-30-23-13-19(5-8-22(23)31-15-21-16-32-17-26-21)24(29)28-10-2-9-27(11-12-28)14-18-3-6-20(25)7-4-18/h3-8,13,16-17H,2,9-12,14-15H2,1H3. The van der Waals surface area contributed by atoms with E-state index in [1.165, 1.54) is 23.5 Å². The molecule has 1 aliphatic rings. The van der Waals surface area contributed by atoms with Gasteiger partial charge in [0.25, 0.3) is 5.91 Å². The molecule has 2 aromatic carbocycles. The number of nitrogens with zero attached hydrogens (tertiary/aromatic N) is 3. The van der Waals surface area contributed by atoms with E-state index in [4.69, 9.17) is 9.47 Å². The van der Waals surface area contributed by atoms with Crippen molar-refractivity contribution in [2.45, 2.75) is 19.6 Å². The monoisotopic (exact) mass is 455 g/mol. The minimum Gasteiger partial charge on any atom is -0.493 e. The molecule has 1 amide bonds. The predicted octanol–water partition coefficient (Wildman–Crippen LogP) is 4.22. The highest BCUT2D eigenvalue weighted by Gasteiger charge is 2.21. The number of carbonyl (C=O) groups excluding carboxylic acids is 1. The minimum atomic E-state index is -0.226. The fourth-order valence-corrected chi connectivity index (χ4v) is 4.29. The molecule has 0 unspecified atom stereocenters. The third-order valence-electron chi connectivity index (χ3n) is 5.46. The average Bonchev–Trinajstić information content (AvgIpc) is 3.23. The minimum absolute atomic E-state index is 0.0158. The summed E-state index contributed by atoms with van der Waals surface area (Å²) in [5.41, 5.74) is 4.27. The maximum atomic E-state index is 13.1. The average molecular weight is 456 g/mol. The van der Waals surface area contributed by atoms with E-state index in [2.05, 4.69) is 9.88 Å². The van der Waals surface area contributed by atoms with Crippen LogP contribution in [0.25, 0.3) is 0 Å². The first-order valence-corrected chi connectivity index (χ1v) is 11.5. The normalized spacial score (nSPS) is 14.8. The smallest absolute Gasteiger partial charge is 0.254 e. The number of ether oxygens (including phenoxy) is 2. The van der Waals surface area contributed by atoms with Gasteiger partial charge in [0.15, 0.2) is 11.5 Å². The fraction of sp³-hybridized carbons (Fsp3) is 0.333. The Morgan fingerprint density at radius 3 is 2.69 bits per heavy atom. The number of halogens is 1. The van der Waals surface area contributed by atoms with Crippen molar-refractivity contribution in [2.75, 3.05) is 33.3 Å². The van der Waals surface area contributed by atoms with Gasteiger partial charge in [-0.3, -0.25) is 9.69 Å². The van der Waals surface area contributed by atoms with Crippen LogP contribution in [0.2, 0.25) is 0 Å². The predicted molar refractivity (Wildman–Crippen MR) is 122 cm³/mol. The highest BCUT2D eigenvalue weighted by molar-refractivity contribution is 7.07. The summed E-state index contributed by atoms with van der Waals surface area (Å²) in [5.74, 6) is 0.867. The van der Waals surface area contributed by atoms with Crippen LogP contribution >= 0.6 is 11.3 Å². The summed E-state index contributed by atoms with van der Waals surface area (Å²) in [6.45, 7) is 4.11. The molecule has 0 saturated carbocycles. The van der Waals surface area contributed by atoms with Gasteiger partial charge >= 0.3 is 0 Å². The molecule has 1 aromatic heterocycles. The van der Waals surface area contributed by atoms with Gasteiger partial charge in [-0.15, -0.1) is 11.3 Å². The van der Waals surface area contributed by atoms with Crippen molar-refractivity contribution in [1.82, 2.24) is 14.8 Å². The highest BCUT2D eigenvalue weighted by atomic mass is 32.1. The number of thiazole rings is 1. The van der Waals surface area contributed by atoms with Gasteiger partial charge in [0, 0.05) is 43.7 Å². The summed E-state index contributed by atoms with van der Waals surface area (Å²) in [4.78, 5) is 21.5. The molecular formula is C24H26FN3O3S. The summed E-state index contributed by atoms with van der Waals surface area (Å²) >= 11 is 1.52. The van der Waals surface area contributed by atoms with Crippen molar-refractivity contribution in [1.29, 1.82) is 0 Å². The van der Waals surface area contributed by atoms with E-state index in [0.717, 1.165) is 37.3 Å². The molecular weight excluding hydrogens is 429 g/mol. The molecule has 0 aliphatic carbocycles. The molecule has 6 nitrogen and oxygen atoms in total. The first kappa shape index (κ1) is 22.2. The van der Waals surface area contributed by atoms with Crippen LogP contribution in [0.3, 0.4) is 0 Å². The second-order valence-corrected chi connectivity index (χ2v) is 8.40. The van der Waals surface area contributed by atoms with Gasteiger partial charge in [0.05, 0.1) is 18.3 Å². The molecule has 0 atom stereocenters. The van der Waals surface area contributed by atoms with Crippen LogP contribution < -0.4 is 9.47 Å². The molecule has 2 heterocycles. The number of hydrogen-bond donors (Lipinski definition) is 0. The zero-order chi connectivity index (χ0) is 22.3. The second kappa shape index (κ2) is 10.6. The summed E-state index contributed by atoms with van der Waals surface area (Å²) in [5, 5.41) is 1.93. The Labute approximate surface area is 191 Å². The zero-order valence-corrected chi connectivity index (χ0v) is 18.8. The van der Waals surface area contributed by atoms with Crippen molar-refractivity contribution in [3.8, 4) is 11.5 Å². The van der Waals surface area contributed by atoms with Crippen LogP contribution in [-0.4, -0.2) is 54.0 Å². The second-order valence-electron chi connectivity index (χ2n) is 7.68. The lowest BCUT2D eigenvalue weighted by atomic mass is 10.1. The zero-order valence-electron chi connectivity index (χ0n) is 18.0. The number of aromatic nitrogens is 1. The fourth-order valence-electron chi connectivity index (χ4n) is 3.74. The Morgan fingerprint density at radius 2 is 1.94 bits per heavy atom. The van der Waals surface area contributed by atoms with E-state index in [-0.39, 0.29) is 11.7 Å². The Bertz CT molecular complexity index is 1030. The number of hydrogen-bond acceptors (Lipinski definition) is 6.